The van der Waals surface area contributed by atoms with Gasteiger partial charge >= 0.3 is 7.60 Å². The van der Waals surface area contributed by atoms with E-state index >= 15 is 0 Å². The van der Waals surface area contributed by atoms with Crippen molar-refractivity contribution in [1.29, 1.82) is 0 Å². The molecule has 0 saturated carbocycles. The van der Waals surface area contributed by atoms with Crippen molar-refractivity contribution >= 4 is 19.4 Å². The van der Waals surface area contributed by atoms with Crippen molar-refractivity contribution in [3.8, 4) is 11.5 Å². The highest BCUT2D eigenvalue weighted by atomic mass is 31.2. The van der Waals surface area contributed by atoms with Crippen molar-refractivity contribution in [2.75, 3.05) is 14.2 Å². The molecule has 2 aromatic carbocycles. The molecule has 0 aromatic heterocycles. The van der Waals surface area contributed by atoms with Crippen molar-refractivity contribution in [1.82, 2.24) is 10.2 Å². The third-order valence-corrected chi connectivity index (χ3v) is 6.62. The Morgan fingerprint density at radius 3 is 2.20 bits per heavy atom. The highest BCUT2D eigenvalue weighted by Crippen LogP contribution is 2.52. The Kier molecular flexibility index (Phi) is 10.00. The number of ether oxygens (including phenoxy) is 1. The number of methoxy groups -OCH3 is 1. The molecule has 35 heavy (non-hydrogen) atoms. The molecule has 2 amide bonds. The first kappa shape index (κ1) is 28.5. The lowest BCUT2D eigenvalue weighted by Gasteiger charge is -2.30. The van der Waals surface area contributed by atoms with Crippen LogP contribution in [-0.2, 0) is 20.6 Å². The summed E-state index contributed by atoms with van der Waals surface area (Å²) in [7, 11) is -2.01. The molecule has 0 aliphatic carbocycles. The molecule has 2 aromatic rings. The summed E-state index contributed by atoms with van der Waals surface area (Å²) >= 11 is 0. The van der Waals surface area contributed by atoms with E-state index in [-0.39, 0.29) is 30.1 Å². The van der Waals surface area contributed by atoms with Gasteiger partial charge in [0.2, 0.25) is 11.8 Å². The smallest absolute Gasteiger partial charge is 0.347 e. The number of phenolic OH excluding ortho intramolecular Hbond substituents is 1. The lowest BCUT2D eigenvalue weighted by molar-refractivity contribution is -0.145. The third-order valence-electron chi connectivity index (χ3n) is 5.52. The molecule has 10 nitrogen and oxygen atoms in total. The predicted octanol–water partition coefficient (Wildman–Crippen LogP) is 2.14. The number of para-hydroxylation sites is 1. The van der Waals surface area contributed by atoms with E-state index in [9.17, 15) is 29.0 Å². The summed E-state index contributed by atoms with van der Waals surface area (Å²) < 4.78 is 17.4. The molecule has 0 aliphatic heterocycles. The monoisotopic (exact) mass is 507 g/mol. The molecular weight excluding hydrogens is 473 g/mol. The molecule has 3 atom stereocenters. The van der Waals surface area contributed by atoms with Crippen LogP contribution in [0.4, 0.5) is 0 Å². The normalized spacial score (nSPS) is 14.3. The number of likely N-dealkylation sites (N-methyl/N-ethyl adjacent to an activating group) is 1. The minimum absolute atomic E-state index is 0.0466. The Morgan fingerprint density at radius 1 is 1.09 bits per heavy atom. The van der Waals surface area contributed by atoms with Gasteiger partial charge in [0.15, 0.2) is 0 Å². The van der Waals surface area contributed by atoms with Gasteiger partial charge in [-0.2, -0.15) is 0 Å². The number of nitrogens with zero attached hydrogens (tertiary/aromatic N) is 1. The summed E-state index contributed by atoms with van der Waals surface area (Å²) in [6.45, 7) is 3.68. The number of carbonyl (C=O) groups is 2. The second-order valence-corrected chi connectivity index (χ2v) is 10.5. The van der Waals surface area contributed by atoms with E-state index in [1.807, 2.05) is 13.8 Å². The molecule has 2 rings (SSSR count). The SMILES string of the molecule is COc1ccc(C[C@H](N)C(=O)N(C)C(=O)C(CC(C)C)NC(c2ccccc2O)P(=O)(O)O)cc1. The maximum absolute atomic E-state index is 13.3. The van der Waals surface area contributed by atoms with Crippen LogP contribution in [0.1, 0.15) is 37.2 Å². The molecule has 6 N–H and O–H groups in total. The van der Waals surface area contributed by atoms with Crippen LogP contribution in [0.25, 0.3) is 0 Å². The first-order valence-corrected chi connectivity index (χ1v) is 12.8. The number of carbonyl (C=O) groups excluding carboxylic acids is 2. The Labute approximate surface area is 205 Å². The number of phenols is 1. The van der Waals surface area contributed by atoms with Gasteiger partial charge in [0.1, 0.15) is 17.3 Å². The number of aromatic hydroxyl groups is 1. The molecule has 0 heterocycles. The summed E-state index contributed by atoms with van der Waals surface area (Å²) in [4.78, 5) is 47.1. The number of imide groups is 1. The number of nitrogens with two attached hydrogens (primary N) is 1. The number of hydrogen-bond acceptors (Lipinski definition) is 7. The van der Waals surface area contributed by atoms with Crippen molar-refractivity contribution in [3.05, 3.63) is 59.7 Å². The van der Waals surface area contributed by atoms with Crippen LogP contribution in [0.3, 0.4) is 0 Å². The minimum atomic E-state index is -4.85. The quantitative estimate of drug-likeness (QED) is 0.287. The van der Waals surface area contributed by atoms with Gasteiger partial charge in [-0.25, -0.2) is 0 Å². The van der Waals surface area contributed by atoms with Gasteiger partial charge in [0, 0.05) is 12.6 Å². The molecule has 0 spiro atoms. The maximum atomic E-state index is 13.3. The van der Waals surface area contributed by atoms with E-state index in [4.69, 9.17) is 10.5 Å². The fourth-order valence-electron chi connectivity index (χ4n) is 3.68. The molecule has 192 valence electrons. The molecule has 11 heteroatoms. The zero-order chi connectivity index (χ0) is 26.3. The fraction of sp³-hybridized carbons (Fsp3) is 0.417. The van der Waals surface area contributed by atoms with E-state index in [2.05, 4.69) is 5.32 Å². The standard InChI is InChI=1S/C24H34N3O7P/c1-15(2)13-20(26-22(35(31,32)33)18-7-5-6-8-21(18)28)24(30)27(3)23(29)19(25)14-16-9-11-17(34-4)12-10-16/h5-12,15,19-20,22,26,28H,13-14,25H2,1-4H3,(H2,31,32,33)/t19-,20?,22?/m0/s1. The van der Waals surface area contributed by atoms with Crippen molar-refractivity contribution in [3.63, 3.8) is 0 Å². The summed E-state index contributed by atoms with van der Waals surface area (Å²) in [5.74, 6) is -2.66. The summed E-state index contributed by atoms with van der Waals surface area (Å²) in [5.41, 5.74) is 6.82. The predicted molar refractivity (Wildman–Crippen MR) is 132 cm³/mol. The highest BCUT2D eigenvalue weighted by Gasteiger charge is 2.38. The van der Waals surface area contributed by atoms with E-state index in [1.165, 1.54) is 31.3 Å². The minimum Gasteiger partial charge on any atom is -0.508 e. The summed E-state index contributed by atoms with van der Waals surface area (Å²) in [6, 6.07) is 10.6. The van der Waals surface area contributed by atoms with Gasteiger partial charge in [0.05, 0.1) is 19.2 Å². The van der Waals surface area contributed by atoms with Crippen LogP contribution in [0.15, 0.2) is 48.5 Å². The zero-order valence-electron chi connectivity index (χ0n) is 20.3. The average Bonchev–Trinajstić information content (AvgIpc) is 2.80. The number of benzene rings is 2. The molecule has 2 unspecified atom stereocenters. The van der Waals surface area contributed by atoms with Crippen LogP contribution in [0.5, 0.6) is 11.5 Å². The van der Waals surface area contributed by atoms with Crippen molar-refractivity contribution in [2.24, 2.45) is 11.7 Å². The van der Waals surface area contributed by atoms with E-state index in [0.29, 0.717) is 5.75 Å². The van der Waals surface area contributed by atoms with Crippen LogP contribution >= 0.6 is 7.60 Å². The van der Waals surface area contributed by atoms with Crippen LogP contribution < -0.4 is 15.8 Å². The van der Waals surface area contributed by atoms with Gasteiger partial charge in [0.25, 0.3) is 0 Å². The number of nitrogens with one attached hydrogen (secondary N) is 1. The number of rotatable bonds is 11. The topological polar surface area (TPSA) is 162 Å². The van der Waals surface area contributed by atoms with E-state index in [0.717, 1.165) is 10.5 Å². The third kappa shape index (κ3) is 7.88. The fourth-order valence-corrected chi connectivity index (χ4v) is 4.64. The molecule has 0 fully saturated rings. The Hall–Kier alpha value is -2.75. The van der Waals surface area contributed by atoms with E-state index in [1.54, 1.807) is 31.4 Å². The Bertz CT molecular complexity index is 1060. The van der Waals surface area contributed by atoms with E-state index < -0.39 is 37.3 Å². The second-order valence-electron chi connectivity index (χ2n) is 8.79. The summed E-state index contributed by atoms with van der Waals surface area (Å²) in [5, 5.41) is 12.9. The van der Waals surface area contributed by atoms with Gasteiger partial charge in [-0.3, -0.25) is 24.4 Å². The van der Waals surface area contributed by atoms with Crippen LogP contribution in [0, 0.1) is 5.92 Å². The highest BCUT2D eigenvalue weighted by molar-refractivity contribution is 7.52. The lowest BCUT2D eigenvalue weighted by Crippen LogP contribution is -2.53. The molecule has 0 bridgehead atoms. The molecule has 0 radical (unpaired) electrons. The lowest BCUT2D eigenvalue weighted by atomic mass is 10.0. The van der Waals surface area contributed by atoms with Crippen molar-refractivity contribution < 1.29 is 33.8 Å². The number of hydrogen-bond donors (Lipinski definition) is 5. The van der Waals surface area contributed by atoms with Gasteiger partial charge < -0.3 is 25.4 Å². The van der Waals surface area contributed by atoms with Crippen molar-refractivity contribution in [2.45, 2.75) is 44.6 Å². The molecule has 0 saturated heterocycles. The zero-order valence-corrected chi connectivity index (χ0v) is 21.2. The van der Waals surface area contributed by atoms with Gasteiger partial charge in [-0.15, -0.1) is 0 Å². The first-order valence-electron chi connectivity index (χ1n) is 11.1. The largest absolute Gasteiger partial charge is 0.508 e. The molecule has 0 aliphatic rings. The first-order chi connectivity index (χ1) is 16.3. The van der Waals surface area contributed by atoms with Crippen LogP contribution in [-0.4, -0.2) is 57.8 Å². The van der Waals surface area contributed by atoms with Gasteiger partial charge in [-0.1, -0.05) is 44.2 Å². The maximum Gasteiger partial charge on any atom is 0.347 e. The molecular formula is C24H34N3O7P. The summed E-state index contributed by atoms with van der Waals surface area (Å²) in [6.07, 6.45) is 0.375. The Balaban J connectivity index is 2.24. The van der Waals surface area contributed by atoms with Gasteiger partial charge in [-0.05, 0) is 42.5 Å². The van der Waals surface area contributed by atoms with Crippen LogP contribution in [0.2, 0.25) is 0 Å². The second kappa shape index (κ2) is 12.3. The average molecular weight is 508 g/mol. The number of amides is 2. The Morgan fingerprint density at radius 2 is 1.69 bits per heavy atom.